The monoisotopic (exact) mass is 241 g/mol. The summed E-state index contributed by atoms with van der Waals surface area (Å²) in [5, 5.41) is 0. The van der Waals surface area contributed by atoms with Gasteiger partial charge in [0.1, 0.15) is 11.2 Å². The molecule has 2 aromatic rings. The quantitative estimate of drug-likeness (QED) is 0.861. The minimum Gasteiger partial charge on any atom is -0.480 e. The zero-order valence-corrected chi connectivity index (χ0v) is 9.80. The number of nitrogens with zero attached hydrogens (tertiary/aromatic N) is 2. The predicted molar refractivity (Wildman–Crippen MR) is 63.3 cm³/mol. The van der Waals surface area contributed by atoms with Crippen molar-refractivity contribution >= 4 is 23.6 Å². The first-order valence-corrected chi connectivity index (χ1v) is 4.68. The van der Waals surface area contributed by atoms with Gasteiger partial charge in [0.15, 0.2) is 5.65 Å². The van der Waals surface area contributed by atoms with E-state index in [1.54, 1.807) is 6.07 Å². The molecule has 0 bridgehead atoms. The average Bonchev–Trinajstić information content (AvgIpc) is 2.27. The van der Waals surface area contributed by atoms with Crippen LogP contribution in [0.5, 0.6) is 5.88 Å². The van der Waals surface area contributed by atoms with Gasteiger partial charge in [0.2, 0.25) is 11.4 Å². The topological polar surface area (TPSA) is 67.9 Å². The third kappa shape index (κ3) is 2.14. The van der Waals surface area contributed by atoms with Gasteiger partial charge in [0, 0.05) is 6.07 Å². The zero-order chi connectivity index (χ0) is 10.8. The number of aromatic amines is 1. The van der Waals surface area contributed by atoms with Crippen molar-refractivity contribution in [3.8, 4) is 5.88 Å². The lowest BCUT2D eigenvalue weighted by molar-refractivity contribution is 0.391. The van der Waals surface area contributed by atoms with E-state index in [9.17, 15) is 4.79 Å². The summed E-state index contributed by atoms with van der Waals surface area (Å²) in [6.07, 6.45) is 0.741. The molecule has 0 saturated carbocycles. The zero-order valence-electron chi connectivity index (χ0n) is 8.98. The lowest BCUT2D eigenvalue weighted by atomic mass is 10.3. The second-order valence-electron chi connectivity index (χ2n) is 3.09. The summed E-state index contributed by atoms with van der Waals surface area (Å²) in [6.45, 7) is 1.98. The van der Waals surface area contributed by atoms with Crippen molar-refractivity contribution in [2.45, 2.75) is 13.3 Å². The fourth-order valence-corrected chi connectivity index (χ4v) is 1.38. The molecule has 86 valence electrons. The number of fused-ring (bicyclic) bond motifs is 1. The fraction of sp³-hybridized carbons (Fsp3) is 0.300. The predicted octanol–water partition coefficient (Wildman–Crippen LogP) is 1.31. The number of aromatic nitrogens is 3. The first-order valence-electron chi connectivity index (χ1n) is 4.68. The highest BCUT2D eigenvalue weighted by Gasteiger charge is 2.07. The van der Waals surface area contributed by atoms with Gasteiger partial charge in [0.25, 0.3) is 0 Å². The minimum absolute atomic E-state index is 0. The highest BCUT2D eigenvalue weighted by Crippen LogP contribution is 2.16. The molecule has 0 spiro atoms. The van der Waals surface area contributed by atoms with Crippen LogP contribution in [-0.4, -0.2) is 22.1 Å². The van der Waals surface area contributed by atoms with Crippen molar-refractivity contribution in [3.63, 3.8) is 0 Å². The maximum absolute atomic E-state index is 11.1. The number of hydrogen-bond acceptors (Lipinski definition) is 4. The Hall–Kier alpha value is -1.62. The SMILES string of the molecule is CCc1nc2ccc(=O)[nH]c2nc1OC.Cl. The molecule has 2 heterocycles. The van der Waals surface area contributed by atoms with Gasteiger partial charge in [-0.2, -0.15) is 4.98 Å². The van der Waals surface area contributed by atoms with Crippen LogP contribution in [0.4, 0.5) is 0 Å². The molecule has 5 nitrogen and oxygen atoms in total. The van der Waals surface area contributed by atoms with Gasteiger partial charge in [-0.15, -0.1) is 12.4 Å². The summed E-state index contributed by atoms with van der Waals surface area (Å²) < 4.78 is 5.09. The van der Waals surface area contributed by atoms with Crippen molar-refractivity contribution in [2.75, 3.05) is 7.11 Å². The van der Waals surface area contributed by atoms with E-state index in [-0.39, 0.29) is 18.0 Å². The van der Waals surface area contributed by atoms with Crippen molar-refractivity contribution in [1.29, 1.82) is 0 Å². The smallest absolute Gasteiger partial charge is 0.249 e. The highest BCUT2D eigenvalue weighted by molar-refractivity contribution is 5.85. The van der Waals surface area contributed by atoms with Crippen LogP contribution in [0.1, 0.15) is 12.6 Å². The summed E-state index contributed by atoms with van der Waals surface area (Å²) in [5.41, 5.74) is 1.73. The normalized spacial score (nSPS) is 9.88. The Balaban J connectivity index is 0.00000128. The summed E-state index contributed by atoms with van der Waals surface area (Å²) in [7, 11) is 1.54. The van der Waals surface area contributed by atoms with Crippen molar-refractivity contribution in [1.82, 2.24) is 15.0 Å². The first-order chi connectivity index (χ1) is 7.24. The molecule has 0 radical (unpaired) electrons. The van der Waals surface area contributed by atoms with Crippen molar-refractivity contribution < 1.29 is 4.74 Å². The van der Waals surface area contributed by atoms with Crippen molar-refractivity contribution in [3.05, 3.63) is 28.2 Å². The van der Waals surface area contributed by atoms with E-state index in [1.165, 1.54) is 13.2 Å². The number of hydrogen-bond donors (Lipinski definition) is 1. The molecule has 2 rings (SSSR count). The van der Waals surface area contributed by atoms with Gasteiger partial charge in [-0.25, -0.2) is 4.98 Å². The summed E-state index contributed by atoms with van der Waals surface area (Å²) >= 11 is 0. The van der Waals surface area contributed by atoms with E-state index in [1.807, 2.05) is 6.92 Å². The molecular weight excluding hydrogens is 230 g/mol. The van der Waals surface area contributed by atoms with Gasteiger partial charge in [-0.1, -0.05) is 6.92 Å². The molecule has 0 amide bonds. The Morgan fingerprint density at radius 3 is 2.75 bits per heavy atom. The van der Waals surface area contributed by atoms with Gasteiger partial charge in [-0.05, 0) is 12.5 Å². The van der Waals surface area contributed by atoms with Gasteiger partial charge >= 0.3 is 0 Å². The van der Waals surface area contributed by atoms with Crippen LogP contribution in [0.2, 0.25) is 0 Å². The number of aryl methyl sites for hydroxylation is 1. The van der Waals surface area contributed by atoms with Crippen LogP contribution in [0.15, 0.2) is 16.9 Å². The Labute approximate surface area is 98.3 Å². The lowest BCUT2D eigenvalue weighted by Crippen LogP contribution is -2.07. The Morgan fingerprint density at radius 2 is 2.12 bits per heavy atom. The third-order valence-electron chi connectivity index (χ3n) is 2.12. The maximum atomic E-state index is 11.1. The highest BCUT2D eigenvalue weighted by atomic mass is 35.5. The molecule has 0 aliphatic rings. The minimum atomic E-state index is -0.192. The number of ether oxygens (including phenoxy) is 1. The van der Waals surface area contributed by atoms with Crippen LogP contribution in [-0.2, 0) is 6.42 Å². The van der Waals surface area contributed by atoms with E-state index in [0.29, 0.717) is 17.0 Å². The largest absolute Gasteiger partial charge is 0.480 e. The molecule has 0 saturated heterocycles. The molecule has 1 N–H and O–H groups in total. The molecule has 6 heteroatoms. The van der Waals surface area contributed by atoms with E-state index >= 15 is 0 Å². The Morgan fingerprint density at radius 1 is 1.38 bits per heavy atom. The van der Waals surface area contributed by atoms with Gasteiger partial charge in [-0.3, -0.25) is 4.79 Å². The Bertz CT molecular complexity index is 553. The van der Waals surface area contributed by atoms with Crippen LogP contribution < -0.4 is 10.3 Å². The molecule has 0 aromatic carbocycles. The van der Waals surface area contributed by atoms with Gasteiger partial charge in [0.05, 0.1) is 7.11 Å². The molecule has 16 heavy (non-hydrogen) atoms. The Kier molecular flexibility index (Phi) is 3.84. The molecule has 0 aliphatic carbocycles. The third-order valence-corrected chi connectivity index (χ3v) is 2.12. The number of methoxy groups -OCH3 is 1. The number of rotatable bonds is 2. The molecule has 2 aromatic heterocycles. The van der Waals surface area contributed by atoms with Crippen molar-refractivity contribution in [2.24, 2.45) is 0 Å². The number of halogens is 1. The fourth-order valence-electron chi connectivity index (χ4n) is 1.38. The van der Waals surface area contributed by atoms with E-state index in [2.05, 4.69) is 15.0 Å². The molecule has 0 unspecified atom stereocenters. The van der Waals surface area contributed by atoms with Gasteiger partial charge < -0.3 is 9.72 Å². The second kappa shape index (κ2) is 4.94. The van der Waals surface area contributed by atoms with E-state index in [4.69, 9.17) is 4.74 Å². The standard InChI is InChI=1S/C10H11N3O2.ClH/c1-3-6-10(15-2)13-9-7(11-6)4-5-8(14)12-9;/h4-5H,3H2,1-2H3,(H,12,13,14);1H. The molecule has 0 atom stereocenters. The summed E-state index contributed by atoms with van der Waals surface area (Å²) in [6, 6.07) is 3.09. The van der Waals surface area contributed by atoms with E-state index < -0.39 is 0 Å². The summed E-state index contributed by atoms with van der Waals surface area (Å²) in [4.78, 5) is 22.2. The average molecular weight is 242 g/mol. The van der Waals surface area contributed by atoms with Crippen LogP contribution >= 0.6 is 12.4 Å². The number of H-pyrrole nitrogens is 1. The molecule has 0 aliphatic heterocycles. The maximum Gasteiger partial charge on any atom is 0.249 e. The number of nitrogens with one attached hydrogen (secondary N) is 1. The van der Waals surface area contributed by atoms with Crippen LogP contribution in [0.3, 0.4) is 0 Å². The van der Waals surface area contributed by atoms with Crippen LogP contribution in [0, 0.1) is 0 Å². The number of pyridine rings is 1. The summed E-state index contributed by atoms with van der Waals surface area (Å²) in [5.74, 6) is 0.465. The second-order valence-corrected chi connectivity index (χ2v) is 3.09. The first kappa shape index (κ1) is 12.4. The lowest BCUT2D eigenvalue weighted by Gasteiger charge is -2.05. The van der Waals surface area contributed by atoms with E-state index in [0.717, 1.165) is 12.1 Å². The molecular formula is C10H12ClN3O2. The van der Waals surface area contributed by atoms with Crippen LogP contribution in [0.25, 0.3) is 11.2 Å². The molecule has 0 fully saturated rings.